The van der Waals surface area contributed by atoms with Crippen LogP contribution in [0.4, 0.5) is 0 Å². The second kappa shape index (κ2) is 7.30. The highest BCUT2D eigenvalue weighted by atomic mass is 35.5. The number of rotatable bonds is 6. The van der Waals surface area contributed by atoms with E-state index in [2.05, 4.69) is 0 Å². The van der Waals surface area contributed by atoms with Gasteiger partial charge >= 0.3 is 0 Å². The third-order valence-corrected chi connectivity index (χ3v) is 5.14. The van der Waals surface area contributed by atoms with Crippen molar-refractivity contribution in [1.82, 2.24) is 0 Å². The van der Waals surface area contributed by atoms with Gasteiger partial charge in [-0.1, -0.05) is 23.7 Å². The van der Waals surface area contributed by atoms with Gasteiger partial charge in [0.2, 0.25) is 0 Å². The highest BCUT2D eigenvalue weighted by Gasteiger charge is 2.33. The Balaban J connectivity index is 1.95. The number of thiophene rings is 1. The van der Waals surface area contributed by atoms with Gasteiger partial charge in [-0.3, -0.25) is 0 Å². The number of aliphatic hydroxyl groups is 2. The van der Waals surface area contributed by atoms with Gasteiger partial charge in [0.05, 0.1) is 18.1 Å². The molecule has 0 aliphatic carbocycles. The second-order valence-electron chi connectivity index (χ2n) is 5.51. The van der Waals surface area contributed by atoms with E-state index in [1.165, 1.54) is 11.3 Å². The smallest absolute Gasteiger partial charge is 0.193 e. The molecule has 0 radical (unpaired) electrons. The average molecular weight is 355 g/mol. The van der Waals surface area contributed by atoms with E-state index in [1.807, 2.05) is 23.6 Å². The molecule has 6 heteroatoms. The molecular weight excluding hydrogens is 336 g/mol. The zero-order chi connectivity index (χ0) is 16.3. The van der Waals surface area contributed by atoms with Crippen molar-refractivity contribution in [3.63, 3.8) is 0 Å². The van der Waals surface area contributed by atoms with Crippen LogP contribution < -0.4 is 0 Å². The van der Waals surface area contributed by atoms with Crippen molar-refractivity contribution in [2.45, 2.75) is 24.7 Å². The first-order chi connectivity index (χ1) is 11.1. The van der Waals surface area contributed by atoms with E-state index in [0.717, 1.165) is 16.0 Å². The Kier molecular flexibility index (Phi) is 5.36. The van der Waals surface area contributed by atoms with Crippen molar-refractivity contribution in [3.8, 4) is 0 Å². The summed E-state index contributed by atoms with van der Waals surface area (Å²) in [6.45, 7) is 1.19. The SMILES string of the molecule is OCCC[C@](O)(c1cccc(Cl)c1)c1csc(C2OCCO2)c1. The van der Waals surface area contributed by atoms with E-state index in [0.29, 0.717) is 31.1 Å². The third kappa shape index (κ3) is 3.60. The van der Waals surface area contributed by atoms with E-state index >= 15 is 0 Å². The standard InChI is InChI=1S/C17H19ClO4S/c18-14-4-1-3-12(9-14)17(20,5-2-6-19)13-10-15(23-11-13)16-21-7-8-22-16/h1,3-4,9-11,16,19-20H,2,5-8H2/t17-/m0/s1. The minimum Gasteiger partial charge on any atom is -0.396 e. The van der Waals surface area contributed by atoms with Crippen LogP contribution in [0.1, 0.15) is 35.1 Å². The first-order valence-electron chi connectivity index (χ1n) is 7.55. The summed E-state index contributed by atoms with van der Waals surface area (Å²) in [6.07, 6.45) is 0.548. The molecule has 1 atom stereocenters. The molecule has 0 amide bonds. The fourth-order valence-corrected chi connectivity index (χ4v) is 3.91. The Morgan fingerprint density at radius 3 is 2.70 bits per heavy atom. The van der Waals surface area contributed by atoms with Crippen LogP contribution in [0.2, 0.25) is 5.02 Å². The predicted octanol–water partition coefficient (Wildman–Crippen LogP) is 3.46. The van der Waals surface area contributed by atoms with Crippen LogP contribution in [0.15, 0.2) is 35.7 Å². The van der Waals surface area contributed by atoms with Crippen LogP contribution in [0, 0.1) is 0 Å². The fraction of sp³-hybridized carbons (Fsp3) is 0.412. The molecule has 0 spiro atoms. The van der Waals surface area contributed by atoms with Crippen molar-refractivity contribution < 1.29 is 19.7 Å². The molecule has 1 fully saturated rings. The molecule has 1 aliphatic heterocycles. The zero-order valence-electron chi connectivity index (χ0n) is 12.6. The number of hydrogen-bond donors (Lipinski definition) is 2. The molecule has 0 unspecified atom stereocenters. The molecule has 0 bridgehead atoms. The summed E-state index contributed by atoms with van der Waals surface area (Å²) >= 11 is 7.58. The quantitative estimate of drug-likeness (QED) is 0.834. The molecular formula is C17H19ClO4S. The van der Waals surface area contributed by atoms with E-state index in [4.69, 9.17) is 21.1 Å². The Bertz CT molecular complexity index is 654. The lowest BCUT2D eigenvalue weighted by atomic mass is 9.84. The summed E-state index contributed by atoms with van der Waals surface area (Å²) in [7, 11) is 0. The summed E-state index contributed by atoms with van der Waals surface area (Å²) in [4.78, 5) is 0.932. The summed E-state index contributed by atoms with van der Waals surface area (Å²) in [5.74, 6) is 0. The summed E-state index contributed by atoms with van der Waals surface area (Å²) in [6, 6.07) is 9.12. The largest absolute Gasteiger partial charge is 0.396 e. The first kappa shape index (κ1) is 16.9. The Labute approximate surface area is 144 Å². The van der Waals surface area contributed by atoms with Gasteiger partial charge < -0.3 is 19.7 Å². The van der Waals surface area contributed by atoms with Gasteiger partial charge in [-0.25, -0.2) is 0 Å². The number of hydrogen-bond acceptors (Lipinski definition) is 5. The molecule has 1 saturated heterocycles. The van der Waals surface area contributed by atoms with Crippen molar-refractivity contribution in [3.05, 3.63) is 56.7 Å². The summed E-state index contributed by atoms with van der Waals surface area (Å²) in [5.41, 5.74) is 0.296. The average Bonchev–Trinajstić information content (AvgIpc) is 3.23. The molecule has 1 aliphatic rings. The van der Waals surface area contributed by atoms with E-state index in [1.54, 1.807) is 12.1 Å². The Morgan fingerprint density at radius 1 is 1.22 bits per heavy atom. The van der Waals surface area contributed by atoms with Crippen LogP contribution in [0.25, 0.3) is 0 Å². The maximum Gasteiger partial charge on any atom is 0.193 e. The Morgan fingerprint density at radius 2 is 2.00 bits per heavy atom. The topological polar surface area (TPSA) is 58.9 Å². The fourth-order valence-electron chi connectivity index (χ4n) is 2.75. The third-order valence-electron chi connectivity index (χ3n) is 3.95. The lowest BCUT2D eigenvalue weighted by molar-refractivity contribution is -0.0415. The molecule has 2 aromatic rings. The van der Waals surface area contributed by atoms with Gasteiger partial charge in [-0.2, -0.15) is 0 Å². The minimum atomic E-state index is -1.19. The molecule has 2 heterocycles. The molecule has 1 aromatic heterocycles. The molecule has 124 valence electrons. The number of aliphatic hydroxyl groups excluding tert-OH is 1. The lowest BCUT2D eigenvalue weighted by Gasteiger charge is -2.28. The van der Waals surface area contributed by atoms with Gasteiger partial charge in [-0.15, -0.1) is 11.3 Å². The molecule has 4 nitrogen and oxygen atoms in total. The zero-order valence-corrected chi connectivity index (χ0v) is 14.1. The van der Waals surface area contributed by atoms with E-state index in [-0.39, 0.29) is 12.9 Å². The maximum atomic E-state index is 11.3. The van der Waals surface area contributed by atoms with E-state index in [9.17, 15) is 10.2 Å². The van der Waals surface area contributed by atoms with Gasteiger partial charge in [0.25, 0.3) is 0 Å². The molecule has 2 N–H and O–H groups in total. The number of ether oxygens (including phenoxy) is 2. The summed E-state index contributed by atoms with van der Waals surface area (Å²) in [5, 5.41) is 23.0. The van der Waals surface area contributed by atoms with Crippen molar-refractivity contribution >= 4 is 22.9 Å². The molecule has 1 aromatic carbocycles. The van der Waals surface area contributed by atoms with Crippen LogP contribution in [-0.4, -0.2) is 30.0 Å². The lowest BCUT2D eigenvalue weighted by Crippen LogP contribution is -2.27. The van der Waals surface area contributed by atoms with Crippen molar-refractivity contribution in [2.24, 2.45) is 0 Å². The van der Waals surface area contributed by atoms with Crippen LogP contribution in [-0.2, 0) is 15.1 Å². The molecule has 0 saturated carbocycles. The van der Waals surface area contributed by atoms with Gasteiger partial charge in [-0.05, 0) is 47.5 Å². The predicted molar refractivity (Wildman–Crippen MR) is 89.7 cm³/mol. The van der Waals surface area contributed by atoms with Gasteiger partial charge in [0.15, 0.2) is 6.29 Å². The highest BCUT2D eigenvalue weighted by molar-refractivity contribution is 7.10. The van der Waals surface area contributed by atoms with Crippen molar-refractivity contribution in [1.29, 1.82) is 0 Å². The van der Waals surface area contributed by atoms with Gasteiger partial charge in [0, 0.05) is 11.6 Å². The minimum absolute atomic E-state index is 0.0225. The molecule has 3 rings (SSSR count). The van der Waals surface area contributed by atoms with Crippen LogP contribution >= 0.6 is 22.9 Å². The maximum absolute atomic E-state index is 11.3. The van der Waals surface area contributed by atoms with Gasteiger partial charge in [0.1, 0.15) is 5.60 Å². The monoisotopic (exact) mass is 354 g/mol. The van der Waals surface area contributed by atoms with Crippen LogP contribution in [0.5, 0.6) is 0 Å². The number of benzene rings is 1. The molecule has 23 heavy (non-hydrogen) atoms. The number of halogens is 1. The van der Waals surface area contributed by atoms with E-state index < -0.39 is 5.60 Å². The second-order valence-corrected chi connectivity index (χ2v) is 6.89. The Hall–Kier alpha value is -0.950. The normalized spacial score (nSPS) is 18.2. The highest BCUT2D eigenvalue weighted by Crippen LogP contribution is 2.39. The summed E-state index contributed by atoms with van der Waals surface area (Å²) < 4.78 is 11.0. The van der Waals surface area contributed by atoms with Crippen LogP contribution in [0.3, 0.4) is 0 Å². The van der Waals surface area contributed by atoms with Crippen molar-refractivity contribution in [2.75, 3.05) is 19.8 Å². The first-order valence-corrected chi connectivity index (χ1v) is 8.80.